The van der Waals surface area contributed by atoms with E-state index in [2.05, 4.69) is 10.7 Å². The Hall–Kier alpha value is -3.37. The lowest BCUT2D eigenvalue weighted by Crippen LogP contribution is -2.52. The summed E-state index contributed by atoms with van der Waals surface area (Å²) in [7, 11) is 0. The SMILES string of the molecule is CCN(NC(=O)OC(C)(C)C)C(=O)NCCc1ccc(-c2cccc(F)c2C(F)(F)F)cc1F. The Balaban J connectivity index is 2.05. The molecule has 2 rings (SSSR count). The first-order chi connectivity index (χ1) is 15.7. The minimum absolute atomic E-state index is 0.0185. The maximum atomic E-state index is 14.6. The van der Waals surface area contributed by atoms with Crippen LogP contribution in [0.3, 0.4) is 0 Å². The number of hydrazine groups is 1. The monoisotopic (exact) mass is 487 g/mol. The minimum atomic E-state index is -4.95. The van der Waals surface area contributed by atoms with Crippen molar-refractivity contribution in [2.24, 2.45) is 0 Å². The summed E-state index contributed by atoms with van der Waals surface area (Å²) in [6, 6.07) is 5.65. The van der Waals surface area contributed by atoms with Gasteiger partial charge in [0.15, 0.2) is 0 Å². The molecule has 6 nitrogen and oxygen atoms in total. The highest BCUT2D eigenvalue weighted by molar-refractivity contribution is 5.78. The predicted molar refractivity (Wildman–Crippen MR) is 116 cm³/mol. The first-order valence-corrected chi connectivity index (χ1v) is 10.4. The van der Waals surface area contributed by atoms with Crippen LogP contribution in [0.4, 0.5) is 31.5 Å². The fourth-order valence-electron chi connectivity index (χ4n) is 3.05. The van der Waals surface area contributed by atoms with Gasteiger partial charge in [-0.25, -0.2) is 28.8 Å². The normalized spacial score (nSPS) is 11.7. The highest BCUT2D eigenvalue weighted by Crippen LogP contribution is 2.39. The Kier molecular flexibility index (Phi) is 8.46. The molecular weight excluding hydrogens is 461 g/mol. The summed E-state index contributed by atoms with van der Waals surface area (Å²) in [5.74, 6) is -2.25. The molecule has 2 N–H and O–H groups in total. The quantitative estimate of drug-likeness (QED) is 0.422. The van der Waals surface area contributed by atoms with E-state index >= 15 is 0 Å². The summed E-state index contributed by atoms with van der Waals surface area (Å²) < 4.78 is 73.2. The van der Waals surface area contributed by atoms with Crippen molar-refractivity contribution in [2.45, 2.75) is 45.9 Å². The minimum Gasteiger partial charge on any atom is -0.443 e. The summed E-state index contributed by atoms with van der Waals surface area (Å²) in [5, 5.41) is 3.49. The lowest BCUT2D eigenvalue weighted by atomic mass is 9.97. The number of nitrogens with one attached hydrogen (secondary N) is 2. The molecule has 0 aliphatic carbocycles. The lowest BCUT2D eigenvalue weighted by Gasteiger charge is -2.25. The number of hydrogen-bond donors (Lipinski definition) is 2. The molecule has 186 valence electrons. The van der Waals surface area contributed by atoms with Gasteiger partial charge in [0.25, 0.3) is 0 Å². The summed E-state index contributed by atoms with van der Waals surface area (Å²) in [5.41, 5.74) is -0.393. The van der Waals surface area contributed by atoms with Crippen LogP contribution < -0.4 is 10.7 Å². The van der Waals surface area contributed by atoms with Crippen molar-refractivity contribution in [3.63, 3.8) is 0 Å². The van der Waals surface area contributed by atoms with Gasteiger partial charge >= 0.3 is 18.3 Å². The van der Waals surface area contributed by atoms with Crippen LogP contribution in [-0.4, -0.2) is 35.8 Å². The molecular formula is C23H26F5N3O3. The zero-order valence-electron chi connectivity index (χ0n) is 19.1. The van der Waals surface area contributed by atoms with Gasteiger partial charge in [-0.3, -0.25) is 0 Å². The second-order valence-corrected chi connectivity index (χ2v) is 8.31. The number of rotatable bonds is 5. The number of carbonyl (C=O) groups excluding carboxylic acids is 2. The molecule has 2 aromatic rings. The fraction of sp³-hybridized carbons (Fsp3) is 0.391. The van der Waals surface area contributed by atoms with Crippen molar-refractivity contribution in [1.82, 2.24) is 15.8 Å². The molecule has 2 aromatic carbocycles. The van der Waals surface area contributed by atoms with Crippen LogP contribution in [0.25, 0.3) is 11.1 Å². The molecule has 0 unspecified atom stereocenters. The Morgan fingerprint density at radius 3 is 2.26 bits per heavy atom. The number of benzene rings is 2. The van der Waals surface area contributed by atoms with Crippen molar-refractivity contribution in [3.8, 4) is 11.1 Å². The van der Waals surface area contributed by atoms with Gasteiger partial charge in [-0.05, 0) is 62.9 Å². The van der Waals surface area contributed by atoms with Crippen molar-refractivity contribution >= 4 is 12.1 Å². The number of ether oxygens (including phenoxy) is 1. The second-order valence-electron chi connectivity index (χ2n) is 8.31. The van der Waals surface area contributed by atoms with Gasteiger partial charge < -0.3 is 10.1 Å². The number of halogens is 5. The van der Waals surface area contributed by atoms with Crippen molar-refractivity contribution in [2.75, 3.05) is 13.1 Å². The van der Waals surface area contributed by atoms with Gasteiger partial charge in [0.1, 0.15) is 17.2 Å². The van der Waals surface area contributed by atoms with Crippen LogP contribution in [0.5, 0.6) is 0 Å². The Morgan fingerprint density at radius 2 is 1.71 bits per heavy atom. The van der Waals surface area contributed by atoms with Crippen LogP contribution >= 0.6 is 0 Å². The zero-order valence-corrected chi connectivity index (χ0v) is 19.1. The third kappa shape index (κ3) is 7.32. The first kappa shape index (κ1) is 26.9. The molecule has 0 fully saturated rings. The van der Waals surface area contributed by atoms with E-state index in [4.69, 9.17) is 4.74 Å². The van der Waals surface area contributed by atoms with E-state index in [9.17, 15) is 31.5 Å². The largest absolute Gasteiger partial charge is 0.443 e. The molecule has 0 atom stereocenters. The van der Waals surface area contributed by atoms with E-state index in [1.165, 1.54) is 12.1 Å². The number of hydrogen-bond acceptors (Lipinski definition) is 3. The van der Waals surface area contributed by atoms with Gasteiger partial charge in [0.2, 0.25) is 0 Å². The standard InChI is InChI=1S/C23H26F5N3O3/c1-5-31(30-21(33)34-22(2,3)4)20(32)29-12-11-14-9-10-15(13-18(14)25)16-7-6-8-17(24)19(16)23(26,27)28/h6-10,13H,5,11-12H2,1-4H3,(H,29,32)(H,30,33). The van der Waals surface area contributed by atoms with Gasteiger partial charge in [-0.1, -0.05) is 24.3 Å². The van der Waals surface area contributed by atoms with Crippen LogP contribution in [0.2, 0.25) is 0 Å². The highest BCUT2D eigenvalue weighted by Gasteiger charge is 2.37. The molecule has 0 spiro atoms. The van der Waals surface area contributed by atoms with E-state index in [1.54, 1.807) is 27.7 Å². The van der Waals surface area contributed by atoms with E-state index in [0.29, 0.717) is 6.07 Å². The van der Waals surface area contributed by atoms with E-state index in [-0.39, 0.29) is 30.6 Å². The van der Waals surface area contributed by atoms with Gasteiger partial charge in [-0.15, -0.1) is 0 Å². The maximum absolute atomic E-state index is 14.6. The fourth-order valence-corrected chi connectivity index (χ4v) is 3.05. The van der Waals surface area contributed by atoms with Crippen LogP contribution in [0, 0.1) is 11.6 Å². The van der Waals surface area contributed by atoms with Crippen molar-refractivity contribution < 1.29 is 36.3 Å². The summed E-state index contributed by atoms with van der Waals surface area (Å²) in [6.45, 7) is 6.73. The highest BCUT2D eigenvalue weighted by atomic mass is 19.4. The zero-order chi connectivity index (χ0) is 25.7. The number of carbonyl (C=O) groups is 2. The molecule has 0 bridgehead atoms. The van der Waals surface area contributed by atoms with Gasteiger partial charge in [-0.2, -0.15) is 13.2 Å². The van der Waals surface area contributed by atoms with Crippen LogP contribution in [0.1, 0.15) is 38.8 Å². The summed E-state index contributed by atoms with van der Waals surface area (Å²) in [4.78, 5) is 24.1. The van der Waals surface area contributed by atoms with E-state index < -0.39 is 46.7 Å². The molecule has 0 saturated heterocycles. The average molecular weight is 487 g/mol. The Morgan fingerprint density at radius 1 is 1.03 bits per heavy atom. The third-order valence-electron chi connectivity index (χ3n) is 4.52. The molecule has 0 aliphatic rings. The van der Waals surface area contributed by atoms with Gasteiger partial charge in [0, 0.05) is 13.1 Å². The van der Waals surface area contributed by atoms with Crippen LogP contribution in [0.15, 0.2) is 36.4 Å². The maximum Gasteiger partial charge on any atom is 0.426 e. The van der Waals surface area contributed by atoms with Crippen LogP contribution in [-0.2, 0) is 17.3 Å². The molecule has 3 amide bonds. The smallest absolute Gasteiger partial charge is 0.426 e. The Bertz CT molecular complexity index is 1040. The molecule has 0 saturated carbocycles. The number of urea groups is 1. The lowest BCUT2D eigenvalue weighted by molar-refractivity contribution is -0.139. The van der Waals surface area contributed by atoms with Gasteiger partial charge in [0.05, 0.1) is 5.56 Å². The molecule has 0 aliphatic heterocycles. The molecule has 0 radical (unpaired) electrons. The Labute approximate surface area is 194 Å². The number of alkyl halides is 3. The summed E-state index contributed by atoms with van der Waals surface area (Å²) >= 11 is 0. The predicted octanol–water partition coefficient (Wildman–Crippen LogP) is 5.66. The van der Waals surface area contributed by atoms with Crippen molar-refractivity contribution in [3.05, 3.63) is 59.2 Å². The first-order valence-electron chi connectivity index (χ1n) is 10.4. The second kappa shape index (κ2) is 10.7. The number of nitrogens with zero attached hydrogens (tertiary/aromatic N) is 1. The van der Waals surface area contributed by atoms with E-state index in [1.807, 2.05) is 0 Å². The third-order valence-corrected chi connectivity index (χ3v) is 4.52. The number of amides is 3. The molecule has 11 heteroatoms. The summed E-state index contributed by atoms with van der Waals surface area (Å²) in [6.07, 6.45) is -5.74. The van der Waals surface area contributed by atoms with E-state index in [0.717, 1.165) is 23.2 Å². The average Bonchev–Trinajstić information content (AvgIpc) is 2.70. The van der Waals surface area contributed by atoms with Crippen molar-refractivity contribution in [1.29, 1.82) is 0 Å². The molecule has 34 heavy (non-hydrogen) atoms. The molecule has 0 heterocycles. The topological polar surface area (TPSA) is 70.7 Å². The molecule has 0 aromatic heterocycles.